The van der Waals surface area contributed by atoms with E-state index in [1.165, 1.54) is 0 Å². The second-order valence-electron chi connectivity index (χ2n) is 9.80. The molecule has 6 unspecified atom stereocenters. The van der Waals surface area contributed by atoms with Crippen molar-refractivity contribution in [1.29, 1.82) is 0 Å². The molecule has 4 aliphatic rings. The topological polar surface area (TPSA) is 105 Å². The molecule has 34 heavy (non-hydrogen) atoms. The third-order valence-corrected chi connectivity index (χ3v) is 11.1. The summed E-state index contributed by atoms with van der Waals surface area (Å²) in [7, 11) is 0. The van der Waals surface area contributed by atoms with Crippen molar-refractivity contribution in [3.8, 4) is 0 Å². The van der Waals surface area contributed by atoms with E-state index in [0.29, 0.717) is 5.56 Å². The molecule has 2 N–H and O–H groups in total. The molecule has 0 spiro atoms. The van der Waals surface area contributed by atoms with Gasteiger partial charge in [0, 0.05) is 29.5 Å². The normalized spacial score (nSPS) is 32.6. The highest BCUT2D eigenvalue weighted by molar-refractivity contribution is 14.1. The second kappa shape index (κ2) is 9.56. The van der Waals surface area contributed by atoms with Crippen molar-refractivity contribution in [3.05, 3.63) is 28.4 Å². The molecule has 0 aliphatic carbocycles. The van der Waals surface area contributed by atoms with Crippen LogP contribution in [0.3, 0.4) is 0 Å². The van der Waals surface area contributed by atoms with Gasteiger partial charge in [-0.25, -0.2) is 4.79 Å². The van der Waals surface area contributed by atoms with Crippen molar-refractivity contribution >= 4 is 85.7 Å². The summed E-state index contributed by atoms with van der Waals surface area (Å²) in [6.07, 6.45) is -0.981. The zero-order chi connectivity index (χ0) is 24.4. The van der Waals surface area contributed by atoms with Crippen molar-refractivity contribution < 1.29 is 38.6 Å². The van der Waals surface area contributed by atoms with Crippen molar-refractivity contribution in [1.82, 2.24) is 0 Å². The number of carbonyl (C=O) groups excluding carboxylic acids is 3. The Labute approximate surface area is 238 Å². The molecule has 4 fully saturated rings. The molecule has 0 amide bonds. The van der Waals surface area contributed by atoms with Gasteiger partial charge in [0.05, 0.1) is 18.7 Å². The highest BCUT2D eigenvalue weighted by atomic mass is 127. The van der Waals surface area contributed by atoms with Crippen LogP contribution >= 0.6 is 67.8 Å². The largest absolute Gasteiger partial charge is 0.459 e. The fourth-order valence-corrected chi connectivity index (χ4v) is 8.04. The quantitative estimate of drug-likeness (QED) is 0.211. The first kappa shape index (κ1) is 25.4. The van der Waals surface area contributed by atoms with E-state index in [1.807, 2.05) is 19.9 Å². The van der Waals surface area contributed by atoms with Gasteiger partial charge in [0.15, 0.2) is 12.2 Å². The Balaban J connectivity index is 1.36. The summed E-state index contributed by atoms with van der Waals surface area (Å²) in [6, 6.07) is 3.74. The van der Waals surface area contributed by atoms with Crippen LogP contribution in [-0.2, 0) is 28.5 Å². The highest BCUT2D eigenvalue weighted by Crippen LogP contribution is 2.52. The molecule has 1 aromatic carbocycles. The number of halogens is 3. The lowest BCUT2D eigenvalue weighted by atomic mass is 9.78. The Bertz CT molecular complexity index is 1040. The number of piperidine rings is 1. The summed E-state index contributed by atoms with van der Waals surface area (Å²) < 4.78 is 26.1. The van der Waals surface area contributed by atoms with Gasteiger partial charge in [-0.3, -0.25) is 9.59 Å². The molecule has 0 radical (unpaired) electrons. The zero-order valence-electron chi connectivity index (χ0n) is 18.6. The molecule has 4 aliphatic heterocycles. The second-order valence-corrected chi connectivity index (χ2v) is 13.3. The van der Waals surface area contributed by atoms with Crippen LogP contribution in [-0.4, -0.2) is 61.0 Å². The van der Waals surface area contributed by atoms with Crippen LogP contribution in [0, 0.1) is 28.5 Å². The molecular weight excluding hydrogens is 783 g/mol. The molecule has 4 heterocycles. The van der Waals surface area contributed by atoms with Crippen LogP contribution in [0.15, 0.2) is 12.1 Å². The number of ether oxygens (including phenoxy) is 4. The van der Waals surface area contributed by atoms with E-state index in [9.17, 15) is 14.4 Å². The Morgan fingerprint density at radius 2 is 1.79 bits per heavy atom. The van der Waals surface area contributed by atoms with Gasteiger partial charge in [0.25, 0.3) is 0 Å². The van der Waals surface area contributed by atoms with Crippen LogP contribution in [0.5, 0.6) is 0 Å². The van der Waals surface area contributed by atoms with Crippen molar-refractivity contribution in [2.45, 2.75) is 56.7 Å². The van der Waals surface area contributed by atoms with E-state index in [4.69, 9.17) is 18.9 Å². The zero-order valence-corrected chi connectivity index (χ0v) is 25.1. The first-order chi connectivity index (χ1) is 16.1. The summed E-state index contributed by atoms with van der Waals surface area (Å²) >= 11 is 6.45. The molecule has 1 aromatic rings. The van der Waals surface area contributed by atoms with E-state index in [1.54, 1.807) is 6.07 Å². The van der Waals surface area contributed by atoms with Gasteiger partial charge in [-0.15, -0.1) is 0 Å². The van der Waals surface area contributed by atoms with E-state index in [2.05, 4.69) is 73.1 Å². The Morgan fingerprint density at radius 3 is 2.50 bits per heavy atom. The molecule has 0 saturated carbocycles. The number of nitrogens with two attached hydrogens (primary N) is 1. The minimum Gasteiger partial charge on any atom is -0.459 e. The molecule has 8 nitrogen and oxygen atoms in total. The monoisotopic (exact) mass is 808 g/mol. The number of hydrogen-bond donors (Lipinski definition) is 1. The smallest absolute Gasteiger partial charge is 0.339 e. The minimum atomic E-state index is -0.850. The molecular formula is C23H25I3NO7+. The SMILES string of the molecule is CC(C)(OC(=O)C1C2OC3C(OC(=O)C31)C2OC(=O)c1cc(I)cc(I)c1I)C1CC[NH2+]CC1. The molecule has 0 aromatic heterocycles. The van der Waals surface area contributed by atoms with Gasteiger partial charge >= 0.3 is 17.9 Å². The average molecular weight is 808 g/mol. The highest BCUT2D eigenvalue weighted by Gasteiger charge is 2.72. The third-order valence-electron chi connectivity index (χ3n) is 7.42. The lowest BCUT2D eigenvalue weighted by Gasteiger charge is -2.37. The Hall–Kier alpha value is -0.260. The molecule has 5 rings (SSSR count). The fraction of sp³-hybridized carbons (Fsp3) is 0.609. The van der Waals surface area contributed by atoms with Gasteiger partial charge in [0.1, 0.15) is 29.6 Å². The number of fused-ring (bicyclic) bond motifs is 1. The minimum absolute atomic E-state index is 0.253. The van der Waals surface area contributed by atoms with E-state index in [0.717, 1.165) is 36.6 Å². The lowest BCUT2D eigenvalue weighted by Crippen LogP contribution is -2.86. The number of quaternary nitrogens is 1. The van der Waals surface area contributed by atoms with Crippen molar-refractivity contribution in [2.75, 3.05) is 13.1 Å². The standard InChI is InChI=1S/C23H24I3NO7/c1-23(2,9-3-5-27-6-4-9)34-22(30)14-13-16-19(33-21(13)29)18(17(14)31-16)32-20(28)11-7-10(24)8-12(25)15(11)26/h7-9,13-14,16-19,27H,3-6H2,1-2H3/p+1. The summed E-state index contributed by atoms with van der Waals surface area (Å²) in [5.74, 6) is -2.80. The fourth-order valence-electron chi connectivity index (χ4n) is 5.66. The van der Waals surface area contributed by atoms with Gasteiger partial charge in [-0.2, -0.15) is 0 Å². The molecule has 184 valence electrons. The maximum absolute atomic E-state index is 13.4. The van der Waals surface area contributed by atoms with Gasteiger partial charge in [-0.05, 0) is 93.8 Å². The first-order valence-corrected chi connectivity index (χ1v) is 14.6. The van der Waals surface area contributed by atoms with Crippen LogP contribution in [0.4, 0.5) is 0 Å². The molecule has 6 atom stereocenters. The third kappa shape index (κ3) is 4.38. The van der Waals surface area contributed by atoms with E-state index >= 15 is 0 Å². The van der Waals surface area contributed by atoms with Crippen molar-refractivity contribution in [3.63, 3.8) is 0 Å². The van der Waals surface area contributed by atoms with Crippen LogP contribution < -0.4 is 5.32 Å². The molecule has 11 heteroatoms. The summed E-state index contributed by atoms with van der Waals surface area (Å²) in [5.41, 5.74) is -0.218. The number of hydrogen-bond acceptors (Lipinski definition) is 7. The Morgan fingerprint density at radius 1 is 1.09 bits per heavy atom. The molecule has 2 bridgehead atoms. The maximum Gasteiger partial charge on any atom is 0.339 e. The van der Waals surface area contributed by atoms with E-state index in [-0.39, 0.29) is 5.92 Å². The average Bonchev–Trinajstić information content (AvgIpc) is 3.40. The first-order valence-electron chi connectivity index (χ1n) is 11.3. The summed E-state index contributed by atoms with van der Waals surface area (Å²) in [5, 5.41) is 2.27. The predicted octanol–water partition coefficient (Wildman–Crippen LogP) is 2.26. The predicted molar refractivity (Wildman–Crippen MR) is 144 cm³/mol. The van der Waals surface area contributed by atoms with E-state index < -0.39 is 59.8 Å². The van der Waals surface area contributed by atoms with Crippen LogP contribution in [0.25, 0.3) is 0 Å². The van der Waals surface area contributed by atoms with Crippen LogP contribution in [0.2, 0.25) is 0 Å². The number of carbonyl (C=O) groups is 3. The number of benzene rings is 1. The number of rotatable bonds is 5. The van der Waals surface area contributed by atoms with Gasteiger partial charge in [-0.1, -0.05) is 0 Å². The summed E-state index contributed by atoms with van der Waals surface area (Å²) in [4.78, 5) is 39.2. The van der Waals surface area contributed by atoms with Gasteiger partial charge < -0.3 is 24.3 Å². The van der Waals surface area contributed by atoms with Gasteiger partial charge in [0.2, 0.25) is 0 Å². The van der Waals surface area contributed by atoms with Crippen LogP contribution in [0.1, 0.15) is 37.0 Å². The maximum atomic E-state index is 13.4. The number of esters is 3. The summed E-state index contributed by atoms with van der Waals surface area (Å²) in [6.45, 7) is 5.88. The Kier molecular flexibility index (Phi) is 7.14. The lowest BCUT2D eigenvalue weighted by molar-refractivity contribution is -0.665. The van der Waals surface area contributed by atoms with Crippen molar-refractivity contribution in [2.24, 2.45) is 17.8 Å². The molecule has 4 saturated heterocycles.